The van der Waals surface area contributed by atoms with Gasteiger partial charge in [-0.1, -0.05) is 12.5 Å². The van der Waals surface area contributed by atoms with E-state index in [9.17, 15) is 4.39 Å². The molecule has 0 radical (unpaired) electrons. The van der Waals surface area contributed by atoms with Crippen LogP contribution in [0.3, 0.4) is 0 Å². The lowest BCUT2D eigenvalue weighted by molar-refractivity contribution is 0.228. The normalized spacial score (nSPS) is 18.2. The van der Waals surface area contributed by atoms with E-state index in [1.807, 2.05) is 12.1 Å². The molecular formula is C12H16BrFN2. The van der Waals surface area contributed by atoms with Gasteiger partial charge >= 0.3 is 0 Å². The summed E-state index contributed by atoms with van der Waals surface area (Å²) in [6, 6.07) is 5.46. The highest BCUT2D eigenvalue weighted by Crippen LogP contribution is 2.31. The second-order valence-electron chi connectivity index (χ2n) is 4.42. The van der Waals surface area contributed by atoms with Gasteiger partial charge in [-0.05, 0) is 58.8 Å². The molecule has 3 N–H and O–H groups in total. The maximum atomic E-state index is 13.1. The van der Waals surface area contributed by atoms with Crippen LogP contribution >= 0.6 is 15.9 Å². The van der Waals surface area contributed by atoms with Gasteiger partial charge in [-0.25, -0.2) is 4.39 Å². The van der Waals surface area contributed by atoms with Gasteiger partial charge in [-0.2, -0.15) is 0 Å². The molecule has 0 saturated heterocycles. The van der Waals surface area contributed by atoms with Crippen LogP contribution in [0.15, 0.2) is 22.7 Å². The number of nitrogens with one attached hydrogen (secondary N) is 1. The molecule has 88 valence electrons. The first-order valence-electron chi connectivity index (χ1n) is 5.60. The summed E-state index contributed by atoms with van der Waals surface area (Å²) < 4.78 is 13.6. The smallest absolute Gasteiger partial charge is 0.137 e. The molecular weight excluding hydrogens is 271 g/mol. The Hall–Kier alpha value is -0.450. The maximum absolute atomic E-state index is 13.1. The SMILES string of the molecule is NNC(Cc1ccc(F)c(Br)c1)C1CCC1. The number of hydrogen-bond acceptors (Lipinski definition) is 2. The van der Waals surface area contributed by atoms with Crippen molar-refractivity contribution < 1.29 is 4.39 Å². The van der Waals surface area contributed by atoms with Crippen LogP contribution in [0.2, 0.25) is 0 Å². The quantitative estimate of drug-likeness (QED) is 0.660. The molecule has 0 heterocycles. The Bertz CT molecular complexity index is 366. The van der Waals surface area contributed by atoms with Gasteiger partial charge in [0.1, 0.15) is 5.82 Å². The predicted molar refractivity (Wildman–Crippen MR) is 66.3 cm³/mol. The topological polar surface area (TPSA) is 38.0 Å². The number of rotatable bonds is 4. The first kappa shape index (κ1) is 12.0. The van der Waals surface area contributed by atoms with Gasteiger partial charge in [0.25, 0.3) is 0 Å². The van der Waals surface area contributed by atoms with Gasteiger partial charge in [-0.15, -0.1) is 0 Å². The van der Waals surface area contributed by atoms with E-state index >= 15 is 0 Å². The Morgan fingerprint density at radius 1 is 1.50 bits per heavy atom. The first-order valence-corrected chi connectivity index (χ1v) is 6.40. The Morgan fingerprint density at radius 3 is 2.75 bits per heavy atom. The summed E-state index contributed by atoms with van der Waals surface area (Å²) in [4.78, 5) is 0. The standard InChI is InChI=1S/C12H16BrFN2/c13-10-6-8(4-5-11(10)14)7-12(16-15)9-2-1-3-9/h4-6,9,12,16H,1-3,7,15H2. The zero-order valence-electron chi connectivity index (χ0n) is 9.05. The van der Waals surface area contributed by atoms with Crippen molar-refractivity contribution in [2.45, 2.75) is 31.7 Å². The van der Waals surface area contributed by atoms with Gasteiger partial charge in [-0.3, -0.25) is 11.3 Å². The van der Waals surface area contributed by atoms with Crippen molar-refractivity contribution in [3.63, 3.8) is 0 Å². The minimum absolute atomic E-state index is 0.218. The van der Waals surface area contributed by atoms with Crippen molar-refractivity contribution in [2.75, 3.05) is 0 Å². The second-order valence-corrected chi connectivity index (χ2v) is 5.27. The summed E-state index contributed by atoms with van der Waals surface area (Å²) >= 11 is 3.20. The number of nitrogens with two attached hydrogens (primary N) is 1. The highest BCUT2D eigenvalue weighted by molar-refractivity contribution is 9.10. The molecule has 0 aliphatic heterocycles. The van der Waals surface area contributed by atoms with Crippen LogP contribution in [0.1, 0.15) is 24.8 Å². The molecule has 0 bridgehead atoms. The third-order valence-corrected chi connectivity index (χ3v) is 3.98. The predicted octanol–water partition coefficient (Wildman–Crippen LogP) is 2.76. The molecule has 1 fully saturated rings. The molecule has 0 spiro atoms. The summed E-state index contributed by atoms with van der Waals surface area (Å²) in [5.41, 5.74) is 3.99. The van der Waals surface area contributed by atoms with Gasteiger partial charge in [0.15, 0.2) is 0 Å². The molecule has 1 aliphatic carbocycles. The molecule has 2 rings (SSSR count). The Labute approximate surface area is 104 Å². The average Bonchev–Trinajstić information content (AvgIpc) is 2.20. The van der Waals surface area contributed by atoms with Crippen LogP contribution in [0.5, 0.6) is 0 Å². The molecule has 1 unspecified atom stereocenters. The first-order chi connectivity index (χ1) is 7.70. The van der Waals surface area contributed by atoms with Crippen LogP contribution in [0, 0.1) is 11.7 Å². The fraction of sp³-hybridized carbons (Fsp3) is 0.500. The summed E-state index contributed by atoms with van der Waals surface area (Å²) in [5, 5.41) is 0. The molecule has 1 atom stereocenters. The lowest BCUT2D eigenvalue weighted by Gasteiger charge is -2.33. The number of benzene rings is 1. The van der Waals surface area contributed by atoms with Crippen LogP contribution in [-0.4, -0.2) is 6.04 Å². The molecule has 2 nitrogen and oxygen atoms in total. The summed E-state index contributed by atoms with van der Waals surface area (Å²) in [6.45, 7) is 0. The lowest BCUT2D eigenvalue weighted by atomic mass is 9.78. The molecule has 1 saturated carbocycles. The van der Waals surface area contributed by atoms with E-state index in [0.717, 1.165) is 12.0 Å². The van der Waals surface area contributed by atoms with Crippen molar-refractivity contribution in [2.24, 2.45) is 11.8 Å². The van der Waals surface area contributed by atoms with Crippen LogP contribution < -0.4 is 11.3 Å². The molecule has 4 heteroatoms. The molecule has 0 amide bonds. The average molecular weight is 287 g/mol. The van der Waals surface area contributed by atoms with Crippen molar-refractivity contribution in [3.05, 3.63) is 34.1 Å². The Balaban J connectivity index is 2.03. The van der Waals surface area contributed by atoms with Gasteiger partial charge in [0, 0.05) is 6.04 Å². The Kier molecular flexibility index (Phi) is 3.95. The number of hydrogen-bond donors (Lipinski definition) is 2. The van der Waals surface area contributed by atoms with Crippen LogP contribution in [-0.2, 0) is 6.42 Å². The van der Waals surface area contributed by atoms with E-state index in [2.05, 4.69) is 21.4 Å². The zero-order valence-corrected chi connectivity index (χ0v) is 10.6. The lowest BCUT2D eigenvalue weighted by Crippen LogP contribution is -2.44. The maximum Gasteiger partial charge on any atom is 0.137 e. The van der Waals surface area contributed by atoms with Crippen LogP contribution in [0.4, 0.5) is 4.39 Å². The molecule has 16 heavy (non-hydrogen) atoms. The van der Waals surface area contributed by atoms with Crippen LogP contribution in [0.25, 0.3) is 0 Å². The summed E-state index contributed by atoms with van der Waals surface area (Å²) in [7, 11) is 0. The van der Waals surface area contributed by atoms with Crippen molar-refractivity contribution in [3.8, 4) is 0 Å². The fourth-order valence-electron chi connectivity index (χ4n) is 2.12. The number of hydrazine groups is 1. The van der Waals surface area contributed by atoms with E-state index in [-0.39, 0.29) is 5.82 Å². The monoisotopic (exact) mass is 286 g/mol. The van der Waals surface area contributed by atoms with Gasteiger partial charge in [0.05, 0.1) is 4.47 Å². The zero-order chi connectivity index (χ0) is 11.5. The van der Waals surface area contributed by atoms with Crippen molar-refractivity contribution in [1.29, 1.82) is 0 Å². The van der Waals surface area contributed by atoms with E-state index < -0.39 is 0 Å². The highest BCUT2D eigenvalue weighted by Gasteiger charge is 2.26. The molecule has 0 aromatic heterocycles. The third kappa shape index (κ3) is 2.62. The summed E-state index contributed by atoms with van der Waals surface area (Å²) in [5.74, 6) is 6.02. The summed E-state index contributed by atoms with van der Waals surface area (Å²) in [6.07, 6.45) is 4.66. The van der Waals surface area contributed by atoms with E-state index in [4.69, 9.17) is 5.84 Å². The Morgan fingerprint density at radius 2 is 2.25 bits per heavy atom. The van der Waals surface area contributed by atoms with Gasteiger partial charge in [0.2, 0.25) is 0 Å². The minimum atomic E-state index is -0.218. The molecule has 1 aliphatic rings. The minimum Gasteiger partial charge on any atom is -0.271 e. The third-order valence-electron chi connectivity index (χ3n) is 3.37. The van der Waals surface area contributed by atoms with E-state index in [1.54, 1.807) is 0 Å². The second kappa shape index (κ2) is 5.25. The highest BCUT2D eigenvalue weighted by atomic mass is 79.9. The van der Waals surface area contributed by atoms with Crippen molar-refractivity contribution >= 4 is 15.9 Å². The van der Waals surface area contributed by atoms with Crippen molar-refractivity contribution in [1.82, 2.24) is 5.43 Å². The van der Waals surface area contributed by atoms with Gasteiger partial charge < -0.3 is 0 Å². The number of halogens is 2. The molecule has 1 aromatic carbocycles. The molecule has 1 aromatic rings. The van der Waals surface area contributed by atoms with E-state index in [0.29, 0.717) is 16.4 Å². The fourth-order valence-corrected chi connectivity index (χ4v) is 2.55. The van der Waals surface area contributed by atoms with E-state index in [1.165, 1.54) is 25.3 Å². The largest absolute Gasteiger partial charge is 0.271 e.